The van der Waals surface area contributed by atoms with Gasteiger partial charge in [-0.2, -0.15) is 5.26 Å². The molecular weight excluding hydrogens is 200 g/mol. The number of hydrogen-bond acceptors (Lipinski definition) is 2. The Kier molecular flexibility index (Phi) is 2.91. The van der Waals surface area contributed by atoms with Crippen LogP contribution in [0.4, 0.5) is 0 Å². The summed E-state index contributed by atoms with van der Waals surface area (Å²) in [6, 6.07) is 9.41. The van der Waals surface area contributed by atoms with Crippen LogP contribution < -0.4 is 5.32 Å². The minimum atomic E-state index is 0.0147. The van der Waals surface area contributed by atoms with E-state index >= 15 is 0 Å². The number of amides is 1. The molecule has 16 heavy (non-hydrogen) atoms. The van der Waals surface area contributed by atoms with E-state index in [-0.39, 0.29) is 17.9 Å². The minimum Gasteiger partial charge on any atom is -0.349 e. The Labute approximate surface area is 95.1 Å². The fourth-order valence-electron chi connectivity index (χ4n) is 1.61. The van der Waals surface area contributed by atoms with Gasteiger partial charge in [-0.15, -0.1) is 0 Å². The Balaban J connectivity index is 1.99. The molecule has 0 bridgehead atoms. The maximum Gasteiger partial charge on any atom is 0.223 e. The third-order valence-electron chi connectivity index (χ3n) is 2.85. The molecule has 3 heteroatoms. The third-order valence-corrected chi connectivity index (χ3v) is 2.85. The first kappa shape index (κ1) is 10.7. The lowest BCUT2D eigenvalue weighted by Gasteiger charge is -2.13. The Bertz CT molecular complexity index is 426. The van der Waals surface area contributed by atoms with Crippen LogP contribution in [0.5, 0.6) is 0 Å². The van der Waals surface area contributed by atoms with Gasteiger partial charge >= 0.3 is 0 Å². The topological polar surface area (TPSA) is 52.9 Å². The van der Waals surface area contributed by atoms with Gasteiger partial charge in [-0.05, 0) is 37.5 Å². The molecule has 0 heterocycles. The first-order valence-corrected chi connectivity index (χ1v) is 5.51. The highest BCUT2D eigenvalue weighted by molar-refractivity contribution is 5.81. The summed E-state index contributed by atoms with van der Waals surface area (Å²) in [7, 11) is 0. The summed E-state index contributed by atoms with van der Waals surface area (Å²) in [5.41, 5.74) is 1.68. The van der Waals surface area contributed by atoms with Crippen molar-refractivity contribution in [2.24, 2.45) is 5.92 Å². The summed E-state index contributed by atoms with van der Waals surface area (Å²) in [4.78, 5) is 11.5. The molecule has 0 saturated heterocycles. The van der Waals surface area contributed by atoms with Gasteiger partial charge in [0, 0.05) is 5.92 Å². The Hall–Kier alpha value is -1.82. The van der Waals surface area contributed by atoms with E-state index < -0.39 is 0 Å². The number of carbonyl (C=O) groups excluding carboxylic acids is 1. The second-order valence-electron chi connectivity index (χ2n) is 4.24. The summed E-state index contributed by atoms with van der Waals surface area (Å²) in [6.45, 7) is 1.96. The lowest BCUT2D eigenvalue weighted by molar-refractivity contribution is -0.122. The number of hydrogen-bond donors (Lipinski definition) is 1. The summed E-state index contributed by atoms with van der Waals surface area (Å²) < 4.78 is 0. The van der Waals surface area contributed by atoms with Crippen LogP contribution in [0, 0.1) is 17.2 Å². The third kappa shape index (κ3) is 2.40. The highest BCUT2D eigenvalue weighted by atomic mass is 16.2. The van der Waals surface area contributed by atoms with E-state index in [0.717, 1.165) is 18.4 Å². The van der Waals surface area contributed by atoms with E-state index in [1.54, 1.807) is 12.1 Å². The second kappa shape index (κ2) is 4.36. The van der Waals surface area contributed by atoms with Crippen LogP contribution in [-0.4, -0.2) is 5.91 Å². The summed E-state index contributed by atoms with van der Waals surface area (Å²) in [5, 5.41) is 11.6. The van der Waals surface area contributed by atoms with Crippen molar-refractivity contribution in [2.75, 3.05) is 0 Å². The van der Waals surface area contributed by atoms with Crippen LogP contribution in [0.2, 0.25) is 0 Å². The molecule has 0 aromatic heterocycles. The molecule has 1 fully saturated rings. The van der Waals surface area contributed by atoms with Crippen LogP contribution in [0.15, 0.2) is 24.3 Å². The van der Waals surface area contributed by atoms with Crippen molar-refractivity contribution in [3.8, 4) is 6.07 Å². The van der Waals surface area contributed by atoms with Gasteiger partial charge in [0.25, 0.3) is 0 Å². The quantitative estimate of drug-likeness (QED) is 0.838. The fourth-order valence-corrected chi connectivity index (χ4v) is 1.61. The van der Waals surface area contributed by atoms with E-state index in [1.165, 1.54) is 0 Å². The molecule has 2 rings (SSSR count). The molecule has 0 radical (unpaired) electrons. The van der Waals surface area contributed by atoms with Crippen LogP contribution in [0.1, 0.15) is 36.9 Å². The fraction of sp³-hybridized carbons (Fsp3) is 0.385. The molecule has 1 aliphatic rings. The maximum atomic E-state index is 11.5. The normalized spacial score (nSPS) is 16.2. The summed E-state index contributed by atoms with van der Waals surface area (Å²) in [5.74, 6) is 0.387. The maximum absolute atomic E-state index is 11.5. The van der Waals surface area contributed by atoms with E-state index in [9.17, 15) is 4.79 Å². The number of benzene rings is 1. The molecule has 1 saturated carbocycles. The van der Waals surface area contributed by atoms with Crippen molar-refractivity contribution < 1.29 is 4.79 Å². The van der Waals surface area contributed by atoms with Crippen molar-refractivity contribution in [1.82, 2.24) is 5.32 Å². The van der Waals surface area contributed by atoms with E-state index in [0.29, 0.717) is 5.56 Å². The smallest absolute Gasteiger partial charge is 0.223 e. The van der Waals surface area contributed by atoms with Gasteiger partial charge in [-0.25, -0.2) is 0 Å². The molecular formula is C13H14N2O. The molecule has 82 valence electrons. The van der Waals surface area contributed by atoms with Crippen LogP contribution >= 0.6 is 0 Å². The molecule has 0 aliphatic heterocycles. The average molecular weight is 214 g/mol. The van der Waals surface area contributed by atoms with Crippen molar-refractivity contribution in [3.05, 3.63) is 35.4 Å². The van der Waals surface area contributed by atoms with Gasteiger partial charge in [0.15, 0.2) is 0 Å². The van der Waals surface area contributed by atoms with Crippen LogP contribution in [0.3, 0.4) is 0 Å². The molecule has 1 unspecified atom stereocenters. The van der Waals surface area contributed by atoms with Crippen molar-refractivity contribution in [3.63, 3.8) is 0 Å². The molecule has 3 nitrogen and oxygen atoms in total. The molecule has 0 spiro atoms. The molecule has 1 amide bonds. The number of nitrogens with zero attached hydrogens (tertiary/aromatic N) is 1. The number of carbonyl (C=O) groups is 1. The molecule has 1 aromatic carbocycles. The van der Waals surface area contributed by atoms with Crippen LogP contribution in [0.25, 0.3) is 0 Å². The lowest BCUT2D eigenvalue weighted by Crippen LogP contribution is -2.27. The number of rotatable bonds is 3. The van der Waals surface area contributed by atoms with Crippen molar-refractivity contribution in [1.29, 1.82) is 5.26 Å². The molecule has 1 atom stereocenters. The first-order valence-electron chi connectivity index (χ1n) is 5.51. The highest BCUT2D eigenvalue weighted by Gasteiger charge is 2.30. The zero-order chi connectivity index (χ0) is 11.5. The first-order chi connectivity index (χ1) is 7.70. The van der Waals surface area contributed by atoms with Crippen LogP contribution in [-0.2, 0) is 4.79 Å². The minimum absolute atomic E-state index is 0.0147. The van der Waals surface area contributed by atoms with E-state index in [4.69, 9.17) is 5.26 Å². The average Bonchev–Trinajstić information content (AvgIpc) is 3.13. The van der Waals surface area contributed by atoms with Crippen molar-refractivity contribution >= 4 is 5.91 Å². The summed E-state index contributed by atoms with van der Waals surface area (Å²) >= 11 is 0. The standard InChI is InChI=1S/C13H14N2O/c1-9(15-13(16)12-6-7-12)11-4-2-10(8-14)3-5-11/h2-5,9,12H,6-7H2,1H3,(H,15,16). The monoisotopic (exact) mass is 214 g/mol. The largest absolute Gasteiger partial charge is 0.349 e. The Morgan fingerprint density at radius 2 is 2.06 bits per heavy atom. The van der Waals surface area contributed by atoms with Gasteiger partial charge in [-0.1, -0.05) is 12.1 Å². The molecule has 1 aliphatic carbocycles. The predicted octanol–water partition coefficient (Wildman–Crippen LogP) is 2.15. The van der Waals surface area contributed by atoms with Gasteiger partial charge in [0.05, 0.1) is 17.7 Å². The zero-order valence-corrected chi connectivity index (χ0v) is 9.23. The second-order valence-corrected chi connectivity index (χ2v) is 4.24. The summed E-state index contributed by atoms with van der Waals surface area (Å²) in [6.07, 6.45) is 2.04. The zero-order valence-electron chi connectivity index (χ0n) is 9.23. The molecule has 1 N–H and O–H groups in total. The number of nitrogens with one attached hydrogen (secondary N) is 1. The SMILES string of the molecule is CC(NC(=O)C1CC1)c1ccc(C#N)cc1. The van der Waals surface area contributed by atoms with Gasteiger partial charge < -0.3 is 5.32 Å². The number of nitriles is 1. The highest BCUT2D eigenvalue weighted by Crippen LogP contribution is 2.29. The van der Waals surface area contributed by atoms with Gasteiger partial charge in [0.2, 0.25) is 5.91 Å². The molecule has 1 aromatic rings. The lowest BCUT2D eigenvalue weighted by atomic mass is 10.1. The van der Waals surface area contributed by atoms with Gasteiger partial charge in [0.1, 0.15) is 0 Å². The Morgan fingerprint density at radius 3 is 2.56 bits per heavy atom. The van der Waals surface area contributed by atoms with E-state index in [2.05, 4.69) is 11.4 Å². The van der Waals surface area contributed by atoms with E-state index in [1.807, 2.05) is 19.1 Å². The predicted molar refractivity (Wildman–Crippen MR) is 60.4 cm³/mol. The Morgan fingerprint density at radius 1 is 1.44 bits per heavy atom. The van der Waals surface area contributed by atoms with Crippen molar-refractivity contribution in [2.45, 2.75) is 25.8 Å². The van der Waals surface area contributed by atoms with Gasteiger partial charge in [-0.3, -0.25) is 4.79 Å².